The minimum atomic E-state index is 0.320. The average molecular weight is 373 g/mol. The first kappa shape index (κ1) is 18.5. The van der Waals surface area contributed by atoms with E-state index in [0.717, 1.165) is 47.8 Å². The molecule has 1 atom stereocenters. The number of allylic oxidation sites excluding steroid dienone is 7. The van der Waals surface area contributed by atoms with Crippen LogP contribution in [0.2, 0.25) is 0 Å². The van der Waals surface area contributed by atoms with Gasteiger partial charge in [0.15, 0.2) is 0 Å². The molecule has 0 saturated carbocycles. The lowest BCUT2D eigenvalue weighted by Gasteiger charge is -2.31. The van der Waals surface area contributed by atoms with Crippen molar-refractivity contribution in [3.63, 3.8) is 0 Å². The normalized spacial score (nSPS) is 23.8. The summed E-state index contributed by atoms with van der Waals surface area (Å²) in [5, 5.41) is 4.83. The maximum absolute atomic E-state index is 5.89. The van der Waals surface area contributed by atoms with E-state index in [4.69, 9.17) is 10.8 Å². The molecule has 3 aliphatic rings. The van der Waals surface area contributed by atoms with Gasteiger partial charge in [-0.2, -0.15) is 5.10 Å². The Kier molecular flexibility index (Phi) is 5.56. The van der Waals surface area contributed by atoms with Gasteiger partial charge in [0.25, 0.3) is 0 Å². The van der Waals surface area contributed by atoms with Crippen LogP contribution >= 0.6 is 0 Å². The molecule has 144 valence electrons. The van der Waals surface area contributed by atoms with Gasteiger partial charge in [-0.25, -0.2) is 0 Å². The summed E-state index contributed by atoms with van der Waals surface area (Å²) in [7, 11) is 0. The van der Waals surface area contributed by atoms with Crippen molar-refractivity contribution in [3.05, 3.63) is 77.1 Å². The summed E-state index contributed by atoms with van der Waals surface area (Å²) in [6, 6.07) is 8.08. The number of nitrogens with two attached hydrogens (primary N) is 1. The topological polar surface area (TPSA) is 62.8 Å². The Balaban J connectivity index is 1.75. The van der Waals surface area contributed by atoms with Crippen LogP contribution in [0, 0.1) is 5.92 Å². The molecule has 0 fully saturated rings. The van der Waals surface area contributed by atoms with Gasteiger partial charge in [0, 0.05) is 18.2 Å². The molecule has 4 rings (SSSR count). The first-order chi connectivity index (χ1) is 13.8. The van der Waals surface area contributed by atoms with Crippen molar-refractivity contribution in [1.29, 1.82) is 0 Å². The highest BCUT2D eigenvalue weighted by Gasteiger charge is 2.30. The van der Waals surface area contributed by atoms with Gasteiger partial charge in [-0.15, -0.1) is 0 Å². The number of nitrogen functional groups attached to an aromatic ring is 1. The molecule has 0 saturated heterocycles. The highest BCUT2D eigenvalue weighted by atomic mass is 15.3. The van der Waals surface area contributed by atoms with Gasteiger partial charge < -0.3 is 5.73 Å². The summed E-state index contributed by atoms with van der Waals surface area (Å²) in [5.74, 6) is 0.320. The smallest absolute Gasteiger partial charge is 0.0754 e. The van der Waals surface area contributed by atoms with Crippen molar-refractivity contribution in [2.45, 2.75) is 39.0 Å². The van der Waals surface area contributed by atoms with Gasteiger partial charge in [0.05, 0.1) is 17.1 Å². The molecule has 0 radical (unpaired) electrons. The van der Waals surface area contributed by atoms with Gasteiger partial charge in [-0.3, -0.25) is 10.4 Å². The lowest BCUT2D eigenvalue weighted by Crippen LogP contribution is -2.31. The zero-order valence-electron chi connectivity index (χ0n) is 16.5. The van der Waals surface area contributed by atoms with E-state index in [1.165, 1.54) is 30.4 Å². The highest BCUT2D eigenvalue weighted by molar-refractivity contribution is 6.07. The zero-order valence-corrected chi connectivity index (χ0v) is 16.5. The molecule has 3 N–H and O–H groups in total. The van der Waals surface area contributed by atoms with Gasteiger partial charge in [-0.1, -0.05) is 43.2 Å². The molecule has 1 aromatic carbocycles. The molecular formula is C24H28N4. The lowest BCUT2D eigenvalue weighted by atomic mass is 9.79. The fraction of sp³-hybridized carbons (Fsp3) is 0.333. The number of hydrogen-bond donors (Lipinski definition) is 2. The SMILES string of the molecule is CCN=C1C=CC(=C2NN=C(c3ccc(N)cc3)C3CCCCC/C=C/23)C=C1. The zero-order chi connectivity index (χ0) is 19.3. The number of rotatable bonds is 2. The third-order valence-corrected chi connectivity index (χ3v) is 5.55. The lowest BCUT2D eigenvalue weighted by molar-refractivity contribution is 0.564. The van der Waals surface area contributed by atoms with Crippen LogP contribution in [0.5, 0.6) is 0 Å². The molecule has 2 aliphatic carbocycles. The Morgan fingerprint density at radius 1 is 1.07 bits per heavy atom. The maximum Gasteiger partial charge on any atom is 0.0754 e. The molecule has 0 aromatic heterocycles. The molecule has 0 bridgehead atoms. The van der Waals surface area contributed by atoms with Gasteiger partial charge in [0.2, 0.25) is 0 Å². The van der Waals surface area contributed by atoms with Crippen molar-refractivity contribution in [3.8, 4) is 0 Å². The number of fused-ring (bicyclic) bond motifs is 1. The second kappa shape index (κ2) is 8.42. The first-order valence-corrected chi connectivity index (χ1v) is 10.3. The van der Waals surface area contributed by atoms with E-state index in [9.17, 15) is 0 Å². The van der Waals surface area contributed by atoms with Crippen LogP contribution in [-0.2, 0) is 0 Å². The Hall–Kier alpha value is -2.88. The van der Waals surface area contributed by atoms with Crippen molar-refractivity contribution >= 4 is 17.1 Å². The Bertz CT molecular complexity index is 892. The van der Waals surface area contributed by atoms with Crippen LogP contribution in [0.4, 0.5) is 5.69 Å². The van der Waals surface area contributed by atoms with Gasteiger partial charge in [0.1, 0.15) is 0 Å². The molecule has 1 aromatic rings. The quantitative estimate of drug-likeness (QED) is 0.724. The van der Waals surface area contributed by atoms with E-state index in [2.05, 4.69) is 59.9 Å². The maximum atomic E-state index is 5.89. The monoisotopic (exact) mass is 372 g/mol. The Labute approximate surface area is 167 Å². The van der Waals surface area contributed by atoms with Gasteiger partial charge in [-0.05, 0) is 67.2 Å². The van der Waals surface area contributed by atoms with Crippen LogP contribution in [0.1, 0.15) is 44.6 Å². The standard InChI is InChI=1S/C24H28N4/c1-2-26-20-15-11-18(12-16-20)24-22-8-6-4-3-5-7-21(22)23(27-28-24)17-9-13-19(25)14-10-17/h8-16,21,28H,2-7,25H2,1H3/b22-8+,24-18?,26-20?. The number of benzene rings is 1. The van der Waals surface area contributed by atoms with Crippen LogP contribution in [0.3, 0.4) is 0 Å². The summed E-state index contributed by atoms with van der Waals surface area (Å²) < 4.78 is 0. The molecule has 4 nitrogen and oxygen atoms in total. The second-order valence-corrected chi connectivity index (χ2v) is 7.48. The van der Waals surface area contributed by atoms with Crippen LogP contribution in [0.25, 0.3) is 0 Å². The molecule has 1 aliphatic heterocycles. The molecule has 1 heterocycles. The van der Waals surface area contributed by atoms with Crippen LogP contribution < -0.4 is 11.2 Å². The summed E-state index contributed by atoms with van der Waals surface area (Å²) in [6.07, 6.45) is 16.9. The molecule has 28 heavy (non-hydrogen) atoms. The molecule has 0 amide bonds. The fourth-order valence-corrected chi connectivity index (χ4v) is 4.11. The molecule has 0 spiro atoms. The number of hydrazone groups is 1. The van der Waals surface area contributed by atoms with Gasteiger partial charge >= 0.3 is 0 Å². The van der Waals surface area contributed by atoms with E-state index in [1.807, 2.05) is 12.1 Å². The number of aliphatic imine (C=N–C) groups is 1. The number of nitrogens with zero attached hydrogens (tertiary/aromatic N) is 2. The van der Waals surface area contributed by atoms with E-state index in [0.29, 0.717) is 5.92 Å². The van der Waals surface area contributed by atoms with E-state index in [-0.39, 0.29) is 0 Å². The predicted molar refractivity (Wildman–Crippen MR) is 118 cm³/mol. The van der Waals surface area contributed by atoms with Crippen molar-refractivity contribution < 1.29 is 0 Å². The third kappa shape index (κ3) is 3.86. The van der Waals surface area contributed by atoms with Crippen molar-refractivity contribution in [2.24, 2.45) is 16.0 Å². The summed E-state index contributed by atoms with van der Waals surface area (Å²) in [6.45, 7) is 2.86. The third-order valence-electron chi connectivity index (χ3n) is 5.55. The summed E-state index contributed by atoms with van der Waals surface area (Å²) >= 11 is 0. The van der Waals surface area contributed by atoms with Crippen molar-refractivity contribution in [1.82, 2.24) is 5.43 Å². The van der Waals surface area contributed by atoms with E-state index >= 15 is 0 Å². The summed E-state index contributed by atoms with van der Waals surface area (Å²) in [5.41, 5.74) is 17.0. The van der Waals surface area contributed by atoms with E-state index in [1.54, 1.807) is 0 Å². The minimum absolute atomic E-state index is 0.320. The first-order valence-electron chi connectivity index (χ1n) is 10.3. The Morgan fingerprint density at radius 3 is 2.61 bits per heavy atom. The fourth-order valence-electron chi connectivity index (χ4n) is 4.11. The largest absolute Gasteiger partial charge is 0.399 e. The highest BCUT2D eigenvalue weighted by Crippen LogP contribution is 2.35. The number of nitrogens with one attached hydrogen (secondary N) is 1. The molecular weight excluding hydrogens is 344 g/mol. The molecule has 1 unspecified atom stereocenters. The van der Waals surface area contributed by atoms with Crippen LogP contribution in [-0.4, -0.2) is 18.0 Å². The number of hydrogen-bond acceptors (Lipinski definition) is 4. The van der Waals surface area contributed by atoms with E-state index < -0.39 is 0 Å². The van der Waals surface area contributed by atoms with Crippen molar-refractivity contribution in [2.75, 3.05) is 12.3 Å². The second-order valence-electron chi connectivity index (χ2n) is 7.48. The molecule has 4 heteroatoms. The summed E-state index contributed by atoms with van der Waals surface area (Å²) in [4.78, 5) is 4.48. The minimum Gasteiger partial charge on any atom is -0.399 e. The van der Waals surface area contributed by atoms with Crippen LogP contribution in [0.15, 0.2) is 81.6 Å². The Morgan fingerprint density at radius 2 is 1.86 bits per heavy atom. The average Bonchev–Trinajstić information content (AvgIpc) is 2.69. The number of anilines is 1. The predicted octanol–water partition coefficient (Wildman–Crippen LogP) is 4.92.